The van der Waals surface area contributed by atoms with Crippen LogP contribution in [0.5, 0.6) is 0 Å². The molecule has 2 aromatic heterocycles. The summed E-state index contributed by atoms with van der Waals surface area (Å²) in [5.74, 6) is -0.291. The van der Waals surface area contributed by atoms with Crippen molar-refractivity contribution in [2.75, 3.05) is 10.6 Å². The first-order chi connectivity index (χ1) is 15.2. The van der Waals surface area contributed by atoms with Gasteiger partial charge in [-0.15, -0.1) is 11.3 Å². The summed E-state index contributed by atoms with van der Waals surface area (Å²) >= 11 is 1.54. The van der Waals surface area contributed by atoms with Crippen molar-refractivity contribution in [2.45, 2.75) is 32.2 Å². The van der Waals surface area contributed by atoms with E-state index in [-0.39, 0.29) is 18.4 Å². The average Bonchev–Trinajstić information content (AvgIpc) is 3.35. The molecule has 2 amide bonds. The van der Waals surface area contributed by atoms with Gasteiger partial charge in [0.15, 0.2) is 0 Å². The third-order valence-electron chi connectivity index (χ3n) is 5.68. The summed E-state index contributed by atoms with van der Waals surface area (Å²) < 4.78 is 1.93. The molecule has 0 saturated heterocycles. The molecular formula is C25H23N3O2S. The zero-order chi connectivity index (χ0) is 21.2. The van der Waals surface area contributed by atoms with Crippen LogP contribution in [0.3, 0.4) is 0 Å². The van der Waals surface area contributed by atoms with E-state index in [2.05, 4.69) is 10.6 Å². The second-order valence-electron chi connectivity index (χ2n) is 7.79. The van der Waals surface area contributed by atoms with Crippen LogP contribution in [0.2, 0.25) is 0 Å². The highest BCUT2D eigenvalue weighted by molar-refractivity contribution is 7.17. The van der Waals surface area contributed by atoms with E-state index in [1.54, 1.807) is 11.3 Å². The summed E-state index contributed by atoms with van der Waals surface area (Å²) in [5, 5.41) is 7.78. The Labute approximate surface area is 184 Å². The summed E-state index contributed by atoms with van der Waals surface area (Å²) in [7, 11) is 0. The van der Waals surface area contributed by atoms with Gasteiger partial charge in [-0.2, -0.15) is 0 Å². The van der Waals surface area contributed by atoms with Crippen LogP contribution in [-0.4, -0.2) is 16.4 Å². The number of carbonyl (C=O) groups excluding carboxylic acids is 2. The minimum absolute atomic E-state index is 0.131. The van der Waals surface area contributed by atoms with Crippen molar-refractivity contribution in [3.63, 3.8) is 0 Å². The highest BCUT2D eigenvalue weighted by atomic mass is 32.1. The van der Waals surface area contributed by atoms with Gasteiger partial charge in [-0.25, -0.2) is 0 Å². The highest BCUT2D eigenvalue weighted by Gasteiger charge is 2.26. The van der Waals surface area contributed by atoms with Gasteiger partial charge >= 0.3 is 0 Å². The van der Waals surface area contributed by atoms with Gasteiger partial charge in [0.1, 0.15) is 11.5 Å². The summed E-state index contributed by atoms with van der Waals surface area (Å²) in [5.41, 5.74) is 3.48. The molecule has 1 aliphatic rings. The Morgan fingerprint density at radius 3 is 2.55 bits per heavy atom. The molecule has 156 valence electrons. The number of amides is 2. The van der Waals surface area contributed by atoms with Crippen molar-refractivity contribution in [3.8, 4) is 0 Å². The number of hydrogen-bond acceptors (Lipinski definition) is 3. The van der Waals surface area contributed by atoms with Crippen molar-refractivity contribution in [1.29, 1.82) is 0 Å². The van der Waals surface area contributed by atoms with Gasteiger partial charge in [-0.1, -0.05) is 36.4 Å². The van der Waals surface area contributed by atoms with E-state index in [9.17, 15) is 9.59 Å². The molecule has 0 saturated carbocycles. The third kappa shape index (κ3) is 3.99. The third-order valence-corrected chi connectivity index (χ3v) is 6.88. The summed E-state index contributed by atoms with van der Waals surface area (Å²) in [6.07, 6.45) is 5.95. The Bertz CT molecular complexity index is 1260. The first kappa shape index (κ1) is 19.6. The molecule has 0 fully saturated rings. The van der Waals surface area contributed by atoms with Crippen LogP contribution in [0.15, 0.2) is 66.9 Å². The maximum absolute atomic E-state index is 13.2. The fraction of sp³-hybridized carbons (Fsp3) is 0.200. The van der Waals surface area contributed by atoms with Crippen LogP contribution in [0, 0.1) is 0 Å². The monoisotopic (exact) mass is 429 g/mol. The first-order valence-corrected chi connectivity index (χ1v) is 11.4. The molecule has 2 aromatic carbocycles. The van der Waals surface area contributed by atoms with Gasteiger partial charge in [0.2, 0.25) is 5.91 Å². The van der Waals surface area contributed by atoms with Gasteiger partial charge in [0.05, 0.1) is 5.56 Å². The van der Waals surface area contributed by atoms with Gasteiger partial charge in [0.25, 0.3) is 5.91 Å². The van der Waals surface area contributed by atoms with Gasteiger partial charge in [-0.3, -0.25) is 9.59 Å². The summed E-state index contributed by atoms with van der Waals surface area (Å²) in [4.78, 5) is 27.3. The van der Waals surface area contributed by atoms with Gasteiger partial charge in [0, 0.05) is 22.3 Å². The summed E-state index contributed by atoms with van der Waals surface area (Å²) in [6, 6.07) is 19.4. The fourth-order valence-corrected chi connectivity index (χ4v) is 5.51. The molecule has 6 heteroatoms. The number of anilines is 2. The Kier molecular flexibility index (Phi) is 5.30. The Morgan fingerprint density at radius 1 is 0.903 bits per heavy atom. The second kappa shape index (κ2) is 8.40. The molecule has 0 unspecified atom stereocenters. The molecule has 5 nitrogen and oxygen atoms in total. The zero-order valence-corrected chi connectivity index (χ0v) is 17.9. The fourth-order valence-electron chi connectivity index (χ4n) is 4.21. The van der Waals surface area contributed by atoms with E-state index in [4.69, 9.17) is 0 Å². The van der Waals surface area contributed by atoms with Crippen LogP contribution >= 0.6 is 11.3 Å². The predicted octanol–water partition coefficient (Wildman–Crippen LogP) is 5.47. The maximum atomic E-state index is 13.2. The normalized spacial score (nSPS) is 13.0. The standard InChI is InChI=1S/C25H23N3O2S/c29-22(16-28-15-14-17-8-4-6-12-20(17)28)27-25-23(19-11-5-7-13-21(19)31-25)24(30)26-18-9-2-1-3-10-18/h1-4,6,8-10,12,14-15H,5,7,11,13,16H2,(H,26,30)(H,27,29). The lowest BCUT2D eigenvalue weighted by molar-refractivity contribution is -0.116. The van der Waals surface area contributed by atoms with E-state index in [1.807, 2.05) is 71.4 Å². The molecule has 0 atom stereocenters. The lowest BCUT2D eigenvalue weighted by Crippen LogP contribution is -2.21. The number of hydrogen-bond donors (Lipinski definition) is 2. The lowest BCUT2D eigenvalue weighted by Gasteiger charge is -2.13. The van der Waals surface area contributed by atoms with Crippen molar-refractivity contribution in [2.24, 2.45) is 0 Å². The van der Waals surface area contributed by atoms with Crippen molar-refractivity contribution < 1.29 is 9.59 Å². The van der Waals surface area contributed by atoms with Crippen LogP contribution in [0.4, 0.5) is 10.7 Å². The molecule has 0 radical (unpaired) electrons. The molecule has 2 heterocycles. The smallest absolute Gasteiger partial charge is 0.258 e. The van der Waals surface area contributed by atoms with E-state index >= 15 is 0 Å². The van der Waals surface area contributed by atoms with E-state index < -0.39 is 0 Å². The average molecular weight is 430 g/mol. The highest BCUT2D eigenvalue weighted by Crippen LogP contribution is 2.38. The number of fused-ring (bicyclic) bond motifs is 2. The van der Waals surface area contributed by atoms with Crippen LogP contribution < -0.4 is 10.6 Å². The molecular weight excluding hydrogens is 406 g/mol. The quantitative estimate of drug-likeness (QED) is 0.442. The molecule has 0 spiro atoms. The molecule has 0 aliphatic heterocycles. The van der Waals surface area contributed by atoms with Crippen molar-refractivity contribution in [1.82, 2.24) is 4.57 Å². The van der Waals surface area contributed by atoms with Crippen LogP contribution in [0.25, 0.3) is 10.9 Å². The maximum Gasteiger partial charge on any atom is 0.258 e. The predicted molar refractivity (Wildman–Crippen MR) is 126 cm³/mol. The summed E-state index contributed by atoms with van der Waals surface area (Å²) in [6.45, 7) is 0.204. The van der Waals surface area contributed by atoms with E-state index in [1.165, 1.54) is 4.88 Å². The first-order valence-electron chi connectivity index (χ1n) is 10.5. The molecule has 1 aliphatic carbocycles. The number of aromatic nitrogens is 1. The lowest BCUT2D eigenvalue weighted by atomic mass is 9.95. The number of rotatable bonds is 5. The Balaban J connectivity index is 1.41. The second-order valence-corrected chi connectivity index (χ2v) is 8.89. The number of thiophene rings is 1. The molecule has 4 aromatic rings. The van der Waals surface area contributed by atoms with Crippen LogP contribution in [0.1, 0.15) is 33.6 Å². The Hall–Kier alpha value is -3.38. The van der Waals surface area contributed by atoms with Crippen molar-refractivity contribution >= 4 is 44.7 Å². The minimum Gasteiger partial charge on any atom is -0.338 e. The van der Waals surface area contributed by atoms with Gasteiger partial charge < -0.3 is 15.2 Å². The van der Waals surface area contributed by atoms with Crippen LogP contribution in [-0.2, 0) is 24.2 Å². The minimum atomic E-state index is -0.160. The molecule has 5 rings (SSSR count). The zero-order valence-electron chi connectivity index (χ0n) is 17.1. The number of para-hydroxylation sites is 2. The molecule has 31 heavy (non-hydrogen) atoms. The number of nitrogens with one attached hydrogen (secondary N) is 2. The SMILES string of the molecule is O=C(Cn1ccc2ccccc21)Nc1sc2c(c1C(=O)Nc1ccccc1)CCCC2. The van der Waals surface area contributed by atoms with E-state index in [0.29, 0.717) is 10.6 Å². The van der Waals surface area contributed by atoms with Crippen molar-refractivity contribution in [3.05, 3.63) is 82.9 Å². The molecule has 0 bridgehead atoms. The molecule has 2 N–H and O–H groups in total. The number of nitrogens with zero attached hydrogens (tertiary/aromatic N) is 1. The largest absolute Gasteiger partial charge is 0.338 e. The van der Waals surface area contributed by atoms with Gasteiger partial charge in [-0.05, 0) is 60.9 Å². The van der Waals surface area contributed by atoms with E-state index in [0.717, 1.165) is 47.8 Å². The topological polar surface area (TPSA) is 63.1 Å². The Morgan fingerprint density at radius 2 is 1.68 bits per heavy atom. The number of carbonyl (C=O) groups is 2. The number of aryl methyl sites for hydroxylation is 1. The number of benzene rings is 2.